The molecule has 0 unspecified atom stereocenters. The number of pyridine rings is 1. The molecule has 77 heavy (non-hydrogen) atoms. The number of benzene rings is 3. The number of aromatic nitrogens is 2. The quantitative estimate of drug-likeness (QED) is 0.0832. The molecule has 0 bridgehead atoms. The highest BCUT2D eigenvalue weighted by molar-refractivity contribution is 7.90. The molecule has 8 heterocycles. The molecule has 410 valence electrons. The maximum absolute atomic E-state index is 16.1. The SMILES string of the molecule is CC(C)Oc1ccccc1[C@@H]1CCC(C)(C)CCN1C1CC2(CCN(c3ccc(C(=O)NS(=O)(=O)c4cc5c(c([N+](=O)[O-])c4)N[C@H](C4(F)CCOCC4)CO5)c(N4c5cc6cc[nH]c6nc5O[C@H]5COCC[C@@H]54)c3)CC2)C1. The fourth-order valence-electron chi connectivity index (χ4n) is 13.3. The minimum absolute atomic E-state index is 0.0633. The summed E-state index contributed by atoms with van der Waals surface area (Å²) >= 11 is 0. The maximum Gasteiger partial charge on any atom is 0.297 e. The Morgan fingerprint density at radius 1 is 0.922 bits per heavy atom. The molecule has 4 atom stereocenters. The predicted molar refractivity (Wildman–Crippen MR) is 289 cm³/mol. The number of carbonyl (C=O) groups excluding carboxylic acids is 1. The van der Waals surface area contributed by atoms with Gasteiger partial charge in [0, 0.05) is 92.8 Å². The number of rotatable bonds is 11. The average Bonchev–Trinajstić information content (AvgIpc) is 3.91. The van der Waals surface area contributed by atoms with Gasteiger partial charge in [-0.3, -0.25) is 19.8 Å². The number of halogens is 1. The van der Waals surface area contributed by atoms with Crippen LogP contribution >= 0.6 is 0 Å². The molecule has 4 saturated heterocycles. The van der Waals surface area contributed by atoms with Crippen molar-refractivity contribution >= 4 is 55.4 Å². The largest absolute Gasteiger partial charge is 0.491 e. The van der Waals surface area contributed by atoms with E-state index in [0.29, 0.717) is 42.0 Å². The first kappa shape index (κ1) is 51.5. The van der Waals surface area contributed by atoms with Crippen LogP contribution < -0.4 is 34.0 Å². The zero-order valence-electron chi connectivity index (χ0n) is 44.2. The smallest absolute Gasteiger partial charge is 0.297 e. The van der Waals surface area contributed by atoms with Crippen LogP contribution in [0.4, 0.5) is 32.8 Å². The third-order valence-electron chi connectivity index (χ3n) is 17.7. The first-order valence-electron chi connectivity index (χ1n) is 27.4. The number of nitrogens with one attached hydrogen (secondary N) is 3. The molecule has 1 spiro atoms. The molecule has 20 heteroatoms. The van der Waals surface area contributed by atoms with Crippen molar-refractivity contribution in [1.29, 1.82) is 0 Å². The molecule has 5 aromatic rings. The highest BCUT2D eigenvalue weighted by Crippen LogP contribution is 2.55. The Hall–Kier alpha value is -6.22. The van der Waals surface area contributed by atoms with Gasteiger partial charge in [0.25, 0.3) is 21.6 Å². The Bertz CT molecular complexity index is 3190. The van der Waals surface area contributed by atoms with Gasteiger partial charge in [-0.25, -0.2) is 17.5 Å². The van der Waals surface area contributed by atoms with Crippen LogP contribution in [0.25, 0.3) is 11.0 Å². The fourth-order valence-corrected chi connectivity index (χ4v) is 14.3. The van der Waals surface area contributed by atoms with E-state index in [4.69, 9.17) is 28.7 Å². The number of nitro benzene ring substituents is 1. The van der Waals surface area contributed by atoms with Crippen molar-refractivity contribution in [2.75, 3.05) is 67.8 Å². The molecule has 18 nitrogen and oxygen atoms in total. The second-order valence-corrected chi connectivity index (χ2v) is 25.2. The van der Waals surface area contributed by atoms with E-state index in [1.165, 1.54) is 5.56 Å². The fraction of sp³-hybridized carbons (Fsp3) is 0.544. The predicted octanol–water partition coefficient (Wildman–Crippen LogP) is 9.76. The van der Waals surface area contributed by atoms with E-state index in [0.717, 1.165) is 93.5 Å². The zero-order chi connectivity index (χ0) is 53.4. The van der Waals surface area contributed by atoms with Gasteiger partial charge in [0.15, 0.2) is 11.4 Å². The number of fused-ring (bicyclic) bond motifs is 4. The van der Waals surface area contributed by atoms with Gasteiger partial charge in [-0.15, -0.1) is 0 Å². The molecule has 6 aliphatic heterocycles. The summed E-state index contributed by atoms with van der Waals surface area (Å²) in [6.45, 7) is 12.5. The number of sulfonamides is 1. The first-order chi connectivity index (χ1) is 37.0. The Kier molecular flexibility index (Phi) is 13.3. The van der Waals surface area contributed by atoms with Crippen molar-refractivity contribution in [1.82, 2.24) is 19.6 Å². The molecule has 1 saturated carbocycles. The first-order valence-corrected chi connectivity index (χ1v) is 28.9. The molecule has 2 aromatic heterocycles. The van der Waals surface area contributed by atoms with E-state index < -0.39 is 49.3 Å². The summed E-state index contributed by atoms with van der Waals surface area (Å²) in [5, 5.41) is 16.3. The van der Waals surface area contributed by atoms with Gasteiger partial charge < -0.3 is 43.8 Å². The standard InChI is InChI=1S/C57H69FN8O10S/c1-35(2)75-47-8-6-5-7-40(47)42-11-14-55(3,4)15-23-64(42)38-31-56(32-38)16-21-63(22-17-56)37-9-10-41(44(28-37)65-43-13-24-73-33-49(43)76-54-46(65)27-36-12-20-59-52(36)61-54)53(67)62-77(70,71)39-29-45(66(68)69)51-48(30-39)74-34-50(60-51)57(58)18-25-72-26-19-57/h5-10,12,20,27-30,35,38,42-43,49-50,60H,11,13-19,21-26,31-34H2,1-4H3,(H,59,61)(H,62,67)/t42-,43-,49-,50-/m0/s1. The van der Waals surface area contributed by atoms with Crippen molar-refractivity contribution in [3.8, 4) is 17.4 Å². The van der Waals surface area contributed by atoms with Crippen LogP contribution in [-0.2, 0) is 19.5 Å². The second kappa shape index (κ2) is 19.9. The van der Waals surface area contributed by atoms with Gasteiger partial charge in [-0.2, -0.15) is 4.98 Å². The number of H-pyrrole nitrogens is 1. The van der Waals surface area contributed by atoms with Crippen molar-refractivity contribution in [3.05, 3.63) is 94.2 Å². The second-order valence-electron chi connectivity index (χ2n) is 23.5. The molecule has 5 fully saturated rings. The number of hydrogen-bond donors (Lipinski definition) is 3. The molecule has 0 radical (unpaired) electrons. The van der Waals surface area contributed by atoms with Gasteiger partial charge in [0.1, 0.15) is 35.5 Å². The van der Waals surface area contributed by atoms with Gasteiger partial charge in [-0.05, 0) is 119 Å². The van der Waals surface area contributed by atoms with Crippen LogP contribution in [0, 0.1) is 20.9 Å². The third kappa shape index (κ3) is 9.81. The molecular weight excluding hydrogens is 1010 g/mol. The zero-order valence-corrected chi connectivity index (χ0v) is 45.0. The summed E-state index contributed by atoms with van der Waals surface area (Å²) in [4.78, 5) is 41.4. The summed E-state index contributed by atoms with van der Waals surface area (Å²) in [5.41, 5.74) is 1.88. The molecular formula is C57H69FN8O10S. The van der Waals surface area contributed by atoms with E-state index in [1.54, 1.807) is 12.3 Å². The molecule has 3 N–H and O–H groups in total. The van der Waals surface area contributed by atoms with Crippen molar-refractivity contribution < 1.29 is 46.2 Å². The van der Waals surface area contributed by atoms with Crippen LogP contribution in [0.1, 0.15) is 114 Å². The van der Waals surface area contributed by atoms with Gasteiger partial charge in [0.05, 0.1) is 45.9 Å². The number of piperidine rings is 1. The van der Waals surface area contributed by atoms with E-state index in [9.17, 15) is 23.3 Å². The Morgan fingerprint density at radius 2 is 1.71 bits per heavy atom. The number of alkyl halides is 1. The van der Waals surface area contributed by atoms with Crippen LogP contribution in [0.2, 0.25) is 0 Å². The number of aromatic amines is 1. The summed E-state index contributed by atoms with van der Waals surface area (Å²) in [6, 6.07) is 19.5. The number of para-hydroxylation sites is 1. The van der Waals surface area contributed by atoms with Crippen LogP contribution in [0.5, 0.6) is 17.4 Å². The highest BCUT2D eigenvalue weighted by atomic mass is 32.2. The highest BCUT2D eigenvalue weighted by Gasteiger charge is 2.51. The Morgan fingerprint density at radius 3 is 2.49 bits per heavy atom. The molecule has 12 rings (SSSR count). The number of anilines is 4. The molecule has 1 amide bonds. The minimum Gasteiger partial charge on any atom is -0.491 e. The van der Waals surface area contributed by atoms with Crippen molar-refractivity contribution in [3.63, 3.8) is 0 Å². The third-order valence-corrected chi connectivity index (χ3v) is 19.0. The molecule has 1 aliphatic carbocycles. The molecule has 7 aliphatic rings. The number of likely N-dealkylation sites (tertiary alicyclic amines) is 1. The van der Waals surface area contributed by atoms with E-state index in [1.807, 2.05) is 24.3 Å². The maximum atomic E-state index is 16.1. The van der Waals surface area contributed by atoms with Crippen LogP contribution in [-0.4, -0.2) is 123 Å². The van der Waals surface area contributed by atoms with Gasteiger partial charge >= 0.3 is 0 Å². The Balaban J connectivity index is 0.836. The monoisotopic (exact) mass is 1080 g/mol. The topological polar surface area (TPSA) is 203 Å². The normalized spacial score (nSPS) is 25.0. The van der Waals surface area contributed by atoms with Gasteiger partial charge in [-0.1, -0.05) is 32.0 Å². The lowest BCUT2D eigenvalue weighted by Gasteiger charge is -2.57. The summed E-state index contributed by atoms with van der Waals surface area (Å²) in [6.07, 6.45) is 9.76. The van der Waals surface area contributed by atoms with Crippen LogP contribution in [0.3, 0.4) is 0 Å². The lowest BCUT2D eigenvalue weighted by molar-refractivity contribution is -0.384. The molecule has 3 aromatic carbocycles. The van der Waals surface area contributed by atoms with Gasteiger partial charge in [0.2, 0.25) is 5.88 Å². The number of nitro groups is 1. The number of amides is 1. The summed E-state index contributed by atoms with van der Waals surface area (Å²) in [7, 11) is -4.79. The van der Waals surface area contributed by atoms with E-state index in [-0.39, 0.29) is 85.3 Å². The summed E-state index contributed by atoms with van der Waals surface area (Å²) in [5.74, 6) is 0.244. The minimum atomic E-state index is -4.79. The number of carbonyl (C=O) groups is 1. The number of hydrogen-bond acceptors (Lipinski definition) is 15. The Labute approximate surface area is 448 Å². The lowest BCUT2D eigenvalue weighted by atomic mass is 9.59. The van der Waals surface area contributed by atoms with Crippen LogP contribution in [0.15, 0.2) is 77.8 Å². The lowest BCUT2D eigenvalue weighted by Crippen LogP contribution is -2.56. The number of nitrogens with zero attached hydrogens (tertiary/aromatic N) is 5. The summed E-state index contributed by atoms with van der Waals surface area (Å²) < 4.78 is 77.2. The average molecular weight is 1080 g/mol. The van der Waals surface area contributed by atoms with E-state index >= 15 is 4.39 Å². The van der Waals surface area contributed by atoms with E-state index in [2.05, 4.69) is 81.7 Å². The van der Waals surface area contributed by atoms with Crippen molar-refractivity contribution in [2.24, 2.45) is 10.8 Å². The number of ether oxygens (including phenoxy) is 5. The van der Waals surface area contributed by atoms with Crippen molar-refractivity contribution in [2.45, 2.75) is 139 Å².